The lowest BCUT2D eigenvalue weighted by Gasteiger charge is -2.20. The van der Waals surface area contributed by atoms with Gasteiger partial charge in [0.25, 0.3) is 0 Å². The fourth-order valence-corrected chi connectivity index (χ4v) is 3.46. The Bertz CT molecular complexity index is 624. The van der Waals surface area contributed by atoms with Crippen LogP contribution >= 0.6 is 23.2 Å². The van der Waals surface area contributed by atoms with Gasteiger partial charge in [0.1, 0.15) is 0 Å². The van der Waals surface area contributed by atoms with Gasteiger partial charge < -0.3 is 5.11 Å². The van der Waals surface area contributed by atoms with Crippen LogP contribution in [0.2, 0.25) is 10.0 Å². The van der Waals surface area contributed by atoms with Gasteiger partial charge in [0.15, 0.2) is 0 Å². The van der Waals surface area contributed by atoms with Crippen molar-refractivity contribution in [3.05, 3.63) is 69.2 Å². The molecule has 3 rings (SSSR count). The predicted molar refractivity (Wildman–Crippen MR) is 83.7 cm³/mol. The van der Waals surface area contributed by atoms with Crippen molar-refractivity contribution in [1.82, 2.24) is 0 Å². The SMILES string of the molecule is OC(Cc1cccc(Cl)c1Cl)C1CCc2ccccc21. The second-order valence-electron chi connectivity index (χ2n) is 5.33. The number of aryl methyl sites for hydroxylation is 1. The first kappa shape index (κ1) is 13.9. The monoisotopic (exact) mass is 306 g/mol. The van der Waals surface area contributed by atoms with E-state index in [1.165, 1.54) is 11.1 Å². The normalized spacial score (nSPS) is 18.9. The van der Waals surface area contributed by atoms with Crippen molar-refractivity contribution in [2.24, 2.45) is 0 Å². The van der Waals surface area contributed by atoms with E-state index in [0.717, 1.165) is 18.4 Å². The molecule has 0 spiro atoms. The highest BCUT2D eigenvalue weighted by molar-refractivity contribution is 6.42. The summed E-state index contributed by atoms with van der Waals surface area (Å²) >= 11 is 12.2. The minimum atomic E-state index is -0.422. The first-order valence-corrected chi connectivity index (χ1v) is 7.61. The zero-order chi connectivity index (χ0) is 14.1. The summed E-state index contributed by atoms with van der Waals surface area (Å²) in [5.41, 5.74) is 3.54. The molecule has 20 heavy (non-hydrogen) atoms. The molecule has 104 valence electrons. The molecule has 3 heteroatoms. The molecule has 0 radical (unpaired) electrons. The first-order valence-electron chi connectivity index (χ1n) is 6.85. The van der Waals surface area contributed by atoms with E-state index in [1.54, 1.807) is 6.07 Å². The molecule has 0 saturated carbocycles. The Hall–Kier alpha value is -1.02. The van der Waals surface area contributed by atoms with Gasteiger partial charge in [-0.1, -0.05) is 59.6 Å². The minimum Gasteiger partial charge on any atom is -0.392 e. The van der Waals surface area contributed by atoms with Crippen LogP contribution in [0.4, 0.5) is 0 Å². The third-order valence-electron chi connectivity index (χ3n) is 4.10. The van der Waals surface area contributed by atoms with Crippen molar-refractivity contribution in [2.75, 3.05) is 0 Å². The number of hydrogen-bond donors (Lipinski definition) is 1. The van der Waals surface area contributed by atoms with Crippen LogP contribution in [-0.4, -0.2) is 11.2 Å². The van der Waals surface area contributed by atoms with Crippen LogP contribution in [0.1, 0.15) is 29.0 Å². The van der Waals surface area contributed by atoms with Crippen molar-refractivity contribution in [3.63, 3.8) is 0 Å². The maximum atomic E-state index is 10.6. The molecule has 0 aromatic heterocycles. The van der Waals surface area contributed by atoms with E-state index in [1.807, 2.05) is 18.2 Å². The molecule has 0 aliphatic heterocycles. The highest BCUT2D eigenvalue weighted by atomic mass is 35.5. The van der Waals surface area contributed by atoms with Crippen molar-refractivity contribution in [1.29, 1.82) is 0 Å². The van der Waals surface area contributed by atoms with Crippen LogP contribution in [0.3, 0.4) is 0 Å². The van der Waals surface area contributed by atoms with E-state index >= 15 is 0 Å². The van der Waals surface area contributed by atoms with Crippen molar-refractivity contribution in [2.45, 2.75) is 31.3 Å². The molecule has 2 atom stereocenters. The summed E-state index contributed by atoms with van der Waals surface area (Å²) in [5, 5.41) is 11.7. The number of halogens is 2. The summed E-state index contributed by atoms with van der Waals surface area (Å²) in [4.78, 5) is 0. The van der Waals surface area contributed by atoms with E-state index in [4.69, 9.17) is 23.2 Å². The van der Waals surface area contributed by atoms with Crippen LogP contribution < -0.4 is 0 Å². The van der Waals surface area contributed by atoms with E-state index in [9.17, 15) is 5.11 Å². The highest BCUT2D eigenvalue weighted by Gasteiger charge is 2.28. The van der Waals surface area contributed by atoms with E-state index < -0.39 is 6.10 Å². The lowest BCUT2D eigenvalue weighted by molar-refractivity contribution is 0.143. The molecule has 0 saturated heterocycles. The largest absolute Gasteiger partial charge is 0.392 e. The molecule has 2 unspecified atom stereocenters. The summed E-state index contributed by atoms with van der Waals surface area (Å²) in [6.07, 6.45) is 2.16. The number of aliphatic hydroxyl groups is 1. The molecule has 0 amide bonds. The second kappa shape index (κ2) is 5.77. The molecule has 1 nitrogen and oxygen atoms in total. The number of rotatable bonds is 3. The Morgan fingerprint density at radius 1 is 1.10 bits per heavy atom. The van der Waals surface area contributed by atoms with Gasteiger partial charge >= 0.3 is 0 Å². The molecule has 2 aromatic carbocycles. The zero-order valence-corrected chi connectivity index (χ0v) is 12.5. The van der Waals surface area contributed by atoms with E-state index in [2.05, 4.69) is 18.2 Å². The van der Waals surface area contributed by atoms with Crippen LogP contribution in [0, 0.1) is 0 Å². The van der Waals surface area contributed by atoms with Gasteiger partial charge in [-0.05, 0) is 35.6 Å². The first-order chi connectivity index (χ1) is 9.66. The van der Waals surface area contributed by atoms with Crippen LogP contribution in [0.15, 0.2) is 42.5 Å². The number of hydrogen-bond acceptors (Lipinski definition) is 1. The highest BCUT2D eigenvalue weighted by Crippen LogP contribution is 2.37. The van der Waals surface area contributed by atoms with Crippen LogP contribution in [-0.2, 0) is 12.8 Å². The fraction of sp³-hybridized carbons (Fsp3) is 0.294. The average molecular weight is 307 g/mol. The van der Waals surface area contributed by atoms with Gasteiger partial charge in [0, 0.05) is 12.3 Å². The van der Waals surface area contributed by atoms with Crippen molar-refractivity contribution >= 4 is 23.2 Å². The van der Waals surface area contributed by atoms with Crippen LogP contribution in [0.25, 0.3) is 0 Å². The summed E-state index contributed by atoms with van der Waals surface area (Å²) in [7, 11) is 0. The summed E-state index contributed by atoms with van der Waals surface area (Å²) in [6.45, 7) is 0. The zero-order valence-electron chi connectivity index (χ0n) is 11.0. The standard InChI is InChI=1S/C17H16Cl2O/c18-15-7-3-5-12(17(15)19)10-16(20)14-9-8-11-4-1-2-6-13(11)14/h1-7,14,16,20H,8-10H2. The molecule has 0 heterocycles. The average Bonchev–Trinajstić information content (AvgIpc) is 2.88. The minimum absolute atomic E-state index is 0.196. The summed E-state index contributed by atoms with van der Waals surface area (Å²) in [5.74, 6) is 0.196. The van der Waals surface area contributed by atoms with Gasteiger partial charge in [0.2, 0.25) is 0 Å². The van der Waals surface area contributed by atoms with E-state index in [0.29, 0.717) is 16.5 Å². The third kappa shape index (κ3) is 2.58. The Morgan fingerprint density at radius 3 is 2.75 bits per heavy atom. The molecule has 0 bridgehead atoms. The molecule has 1 aliphatic carbocycles. The smallest absolute Gasteiger partial charge is 0.0649 e. The van der Waals surface area contributed by atoms with E-state index in [-0.39, 0.29) is 5.92 Å². The third-order valence-corrected chi connectivity index (χ3v) is 4.96. The maximum absolute atomic E-state index is 10.6. The lowest BCUT2D eigenvalue weighted by atomic mass is 9.91. The summed E-state index contributed by atoms with van der Waals surface area (Å²) < 4.78 is 0. The van der Waals surface area contributed by atoms with Crippen molar-refractivity contribution in [3.8, 4) is 0 Å². The number of aliphatic hydroxyl groups excluding tert-OH is 1. The molecule has 1 N–H and O–H groups in total. The van der Waals surface area contributed by atoms with Gasteiger partial charge in [-0.3, -0.25) is 0 Å². The maximum Gasteiger partial charge on any atom is 0.0649 e. The molecule has 2 aromatic rings. The predicted octanol–water partition coefficient (Wildman–Crippen LogP) is 4.63. The van der Waals surface area contributed by atoms with Gasteiger partial charge in [-0.25, -0.2) is 0 Å². The molecule has 1 aliphatic rings. The molecule has 0 fully saturated rings. The summed E-state index contributed by atoms with van der Waals surface area (Å²) in [6, 6.07) is 13.9. The quantitative estimate of drug-likeness (QED) is 0.877. The van der Waals surface area contributed by atoms with Crippen molar-refractivity contribution < 1.29 is 5.11 Å². The Kier molecular flexibility index (Phi) is 4.02. The van der Waals surface area contributed by atoms with Gasteiger partial charge in [-0.2, -0.15) is 0 Å². The topological polar surface area (TPSA) is 20.2 Å². The number of benzene rings is 2. The van der Waals surface area contributed by atoms with Crippen LogP contribution in [0.5, 0.6) is 0 Å². The number of fused-ring (bicyclic) bond motifs is 1. The Morgan fingerprint density at radius 2 is 1.90 bits per heavy atom. The fourth-order valence-electron chi connectivity index (χ4n) is 3.06. The van der Waals surface area contributed by atoms with Gasteiger partial charge in [0.05, 0.1) is 16.1 Å². The lowest BCUT2D eigenvalue weighted by Crippen LogP contribution is -2.19. The molecular weight excluding hydrogens is 291 g/mol. The van der Waals surface area contributed by atoms with Gasteiger partial charge in [-0.15, -0.1) is 0 Å². The molecular formula is C17H16Cl2O. The Labute approximate surface area is 129 Å². The second-order valence-corrected chi connectivity index (χ2v) is 6.11. The Balaban J connectivity index is 1.81.